The van der Waals surface area contributed by atoms with E-state index in [9.17, 15) is 9.18 Å². The molecule has 0 aliphatic rings. The Morgan fingerprint density at radius 2 is 2.24 bits per heavy atom. The van der Waals surface area contributed by atoms with E-state index in [0.29, 0.717) is 5.69 Å². The number of hydrogen-bond acceptors (Lipinski definition) is 4. The van der Waals surface area contributed by atoms with E-state index in [1.165, 1.54) is 19.2 Å². The minimum Gasteiger partial charge on any atom is -0.469 e. The number of benzene rings is 1. The highest BCUT2D eigenvalue weighted by molar-refractivity contribution is 5.95. The summed E-state index contributed by atoms with van der Waals surface area (Å²) in [6.07, 6.45) is 3.25. The third kappa shape index (κ3) is 4.08. The van der Waals surface area contributed by atoms with E-state index in [2.05, 4.69) is 10.1 Å². The third-order valence-electron chi connectivity index (χ3n) is 3.19. The first-order chi connectivity index (χ1) is 10.1. The molecule has 0 saturated carbocycles. The van der Waals surface area contributed by atoms with Crippen molar-refractivity contribution in [2.24, 2.45) is 0 Å². The number of hydrogen-bond donors (Lipinski definition) is 1. The predicted octanol–water partition coefficient (Wildman–Crippen LogP) is 3.64. The summed E-state index contributed by atoms with van der Waals surface area (Å²) in [6.45, 7) is 1.99. The lowest BCUT2D eigenvalue weighted by atomic mass is 10.1. The Labute approximate surface area is 122 Å². The van der Waals surface area contributed by atoms with Crippen LogP contribution >= 0.6 is 0 Å². The van der Waals surface area contributed by atoms with Crippen LogP contribution in [0.15, 0.2) is 41.0 Å². The van der Waals surface area contributed by atoms with Crippen LogP contribution in [0.3, 0.4) is 0 Å². The Hall–Kier alpha value is -2.30. The average Bonchev–Trinajstić information content (AvgIpc) is 2.99. The molecule has 1 heterocycles. The van der Waals surface area contributed by atoms with Gasteiger partial charge in [0.15, 0.2) is 0 Å². The molecule has 1 aromatic carbocycles. The minimum atomic E-state index is -0.560. The first-order valence-electron chi connectivity index (χ1n) is 6.77. The first kappa shape index (κ1) is 15.1. The second-order valence-corrected chi connectivity index (χ2v) is 4.84. The number of furan rings is 1. The SMILES string of the molecule is COC(=O)c1cc(F)ccc1NC(C)CCc1ccco1. The van der Waals surface area contributed by atoms with Crippen molar-refractivity contribution in [3.8, 4) is 0 Å². The molecule has 5 heteroatoms. The van der Waals surface area contributed by atoms with Crippen LogP contribution in [0.2, 0.25) is 0 Å². The maximum atomic E-state index is 13.3. The van der Waals surface area contributed by atoms with Gasteiger partial charge in [-0.2, -0.15) is 0 Å². The summed E-state index contributed by atoms with van der Waals surface area (Å²) in [5.74, 6) is -0.115. The van der Waals surface area contributed by atoms with E-state index in [1.807, 2.05) is 19.1 Å². The zero-order chi connectivity index (χ0) is 15.2. The van der Waals surface area contributed by atoms with Crippen LogP contribution in [0.5, 0.6) is 0 Å². The molecule has 0 radical (unpaired) electrons. The fourth-order valence-corrected chi connectivity index (χ4v) is 2.07. The first-order valence-corrected chi connectivity index (χ1v) is 6.77. The van der Waals surface area contributed by atoms with Crippen molar-refractivity contribution in [3.05, 3.63) is 53.7 Å². The monoisotopic (exact) mass is 291 g/mol. The molecule has 4 nitrogen and oxygen atoms in total. The Morgan fingerprint density at radius 3 is 2.90 bits per heavy atom. The lowest BCUT2D eigenvalue weighted by Gasteiger charge is -2.17. The fraction of sp³-hybridized carbons (Fsp3) is 0.312. The van der Waals surface area contributed by atoms with Gasteiger partial charge >= 0.3 is 5.97 Å². The highest BCUT2D eigenvalue weighted by Crippen LogP contribution is 2.20. The molecular weight excluding hydrogens is 273 g/mol. The van der Waals surface area contributed by atoms with Gasteiger partial charge in [0.25, 0.3) is 0 Å². The lowest BCUT2D eigenvalue weighted by Crippen LogP contribution is -2.18. The van der Waals surface area contributed by atoms with Gasteiger partial charge in [0, 0.05) is 18.2 Å². The van der Waals surface area contributed by atoms with Gasteiger partial charge < -0.3 is 14.5 Å². The molecule has 0 aliphatic carbocycles. The number of anilines is 1. The van der Waals surface area contributed by atoms with Crippen LogP contribution in [0, 0.1) is 5.82 Å². The summed E-state index contributed by atoms with van der Waals surface area (Å²) in [6, 6.07) is 7.91. The van der Waals surface area contributed by atoms with E-state index in [0.717, 1.165) is 18.6 Å². The van der Waals surface area contributed by atoms with Gasteiger partial charge in [0.05, 0.1) is 18.9 Å². The van der Waals surface area contributed by atoms with E-state index in [4.69, 9.17) is 4.42 Å². The van der Waals surface area contributed by atoms with Crippen molar-refractivity contribution >= 4 is 11.7 Å². The summed E-state index contributed by atoms with van der Waals surface area (Å²) < 4.78 is 23.2. The number of ether oxygens (including phenoxy) is 1. The molecule has 2 aromatic rings. The topological polar surface area (TPSA) is 51.5 Å². The molecule has 1 unspecified atom stereocenters. The van der Waals surface area contributed by atoms with E-state index in [1.54, 1.807) is 12.3 Å². The van der Waals surface area contributed by atoms with Gasteiger partial charge in [-0.1, -0.05) is 0 Å². The fourth-order valence-electron chi connectivity index (χ4n) is 2.07. The zero-order valence-corrected chi connectivity index (χ0v) is 12.1. The molecule has 21 heavy (non-hydrogen) atoms. The summed E-state index contributed by atoms with van der Waals surface area (Å²) in [5, 5.41) is 3.21. The summed E-state index contributed by atoms with van der Waals surface area (Å²) in [7, 11) is 1.28. The van der Waals surface area contributed by atoms with E-state index in [-0.39, 0.29) is 11.6 Å². The Morgan fingerprint density at radius 1 is 1.43 bits per heavy atom. The molecular formula is C16H18FNO3. The van der Waals surface area contributed by atoms with Crippen LogP contribution < -0.4 is 5.32 Å². The second kappa shape index (κ2) is 6.92. The highest BCUT2D eigenvalue weighted by atomic mass is 19.1. The Bertz CT molecular complexity index is 596. The average molecular weight is 291 g/mol. The molecule has 1 atom stereocenters. The van der Waals surface area contributed by atoms with Crippen molar-refractivity contribution in [3.63, 3.8) is 0 Å². The number of carbonyl (C=O) groups is 1. The number of nitrogens with one attached hydrogen (secondary N) is 1. The number of esters is 1. The van der Waals surface area contributed by atoms with Gasteiger partial charge in [-0.15, -0.1) is 0 Å². The molecule has 112 valence electrons. The molecule has 0 amide bonds. The molecule has 0 fully saturated rings. The number of carbonyl (C=O) groups excluding carboxylic acids is 1. The minimum absolute atomic E-state index is 0.101. The maximum absolute atomic E-state index is 13.3. The van der Waals surface area contributed by atoms with Crippen LogP contribution in [0.4, 0.5) is 10.1 Å². The quantitative estimate of drug-likeness (QED) is 0.826. The standard InChI is InChI=1S/C16H18FNO3/c1-11(5-7-13-4-3-9-21-13)18-15-8-6-12(17)10-14(15)16(19)20-2/h3-4,6,8-11,18H,5,7H2,1-2H3. The normalized spacial score (nSPS) is 12.0. The van der Waals surface area contributed by atoms with Crippen molar-refractivity contribution in [2.75, 3.05) is 12.4 Å². The summed E-state index contributed by atoms with van der Waals surface area (Å²) in [5.41, 5.74) is 0.762. The predicted molar refractivity (Wildman–Crippen MR) is 77.9 cm³/mol. The third-order valence-corrected chi connectivity index (χ3v) is 3.19. The molecule has 0 saturated heterocycles. The molecule has 1 aromatic heterocycles. The van der Waals surface area contributed by atoms with Gasteiger partial charge in [0.1, 0.15) is 11.6 Å². The lowest BCUT2D eigenvalue weighted by molar-refractivity contribution is 0.0601. The Balaban J connectivity index is 2.02. The molecule has 0 spiro atoms. The van der Waals surface area contributed by atoms with Gasteiger partial charge in [0.2, 0.25) is 0 Å². The zero-order valence-electron chi connectivity index (χ0n) is 12.1. The Kier molecular flexibility index (Phi) is 4.98. The largest absolute Gasteiger partial charge is 0.469 e. The maximum Gasteiger partial charge on any atom is 0.340 e. The van der Waals surface area contributed by atoms with Crippen molar-refractivity contribution in [2.45, 2.75) is 25.8 Å². The van der Waals surface area contributed by atoms with Crippen LogP contribution in [0.25, 0.3) is 0 Å². The number of rotatable bonds is 6. The van der Waals surface area contributed by atoms with Crippen molar-refractivity contribution in [1.29, 1.82) is 0 Å². The molecule has 2 rings (SSSR count). The second-order valence-electron chi connectivity index (χ2n) is 4.84. The van der Waals surface area contributed by atoms with E-state index < -0.39 is 11.8 Å². The number of halogens is 1. The smallest absolute Gasteiger partial charge is 0.340 e. The summed E-state index contributed by atoms with van der Waals surface area (Å²) >= 11 is 0. The van der Waals surface area contributed by atoms with Gasteiger partial charge in [-0.25, -0.2) is 9.18 Å². The van der Waals surface area contributed by atoms with Gasteiger partial charge in [-0.05, 0) is 43.7 Å². The van der Waals surface area contributed by atoms with Crippen LogP contribution in [-0.2, 0) is 11.2 Å². The van der Waals surface area contributed by atoms with Crippen LogP contribution in [0.1, 0.15) is 29.5 Å². The van der Waals surface area contributed by atoms with Gasteiger partial charge in [-0.3, -0.25) is 0 Å². The number of aryl methyl sites for hydroxylation is 1. The molecule has 1 N–H and O–H groups in total. The molecule has 0 aliphatic heterocycles. The number of methoxy groups -OCH3 is 1. The van der Waals surface area contributed by atoms with E-state index >= 15 is 0 Å². The van der Waals surface area contributed by atoms with Crippen molar-refractivity contribution in [1.82, 2.24) is 0 Å². The molecule has 0 bridgehead atoms. The van der Waals surface area contributed by atoms with Crippen LogP contribution in [-0.4, -0.2) is 19.1 Å². The highest BCUT2D eigenvalue weighted by Gasteiger charge is 2.14. The summed E-state index contributed by atoms with van der Waals surface area (Å²) in [4.78, 5) is 11.7. The van der Waals surface area contributed by atoms with Crippen molar-refractivity contribution < 1.29 is 18.3 Å².